The Bertz CT molecular complexity index is 611. The Morgan fingerprint density at radius 1 is 1.16 bits per heavy atom. The number of rotatable bonds is 1. The number of ether oxygens (including phenoxy) is 1. The van der Waals surface area contributed by atoms with Crippen molar-refractivity contribution in [1.29, 1.82) is 0 Å². The first-order chi connectivity index (χ1) is 9.15. The van der Waals surface area contributed by atoms with Crippen molar-refractivity contribution in [2.75, 3.05) is 0 Å². The zero-order valence-corrected chi connectivity index (χ0v) is 10.8. The highest BCUT2D eigenvalue weighted by atomic mass is 19.1. The van der Waals surface area contributed by atoms with Gasteiger partial charge in [0.15, 0.2) is 0 Å². The average molecular weight is 257 g/mol. The summed E-state index contributed by atoms with van der Waals surface area (Å²) in [5.41, 5.74) is 9.34. The zero-order chi connectivity index (χ0) is 13.4. The molecule has 1 aliphatic heterocycles. The highest BCUT2D eigenvalue weighted by Gasteiger charge is 2.28. The lowest BCUT2D eigenvalue weighted by Crippen LogP contribution is -2.24. The molecule has 0 bridgehead atoms. The van der Waals surface area contributed by atoms with Crippen molar-refractivity contribution < 1.29 is 9.13 Å². The van der Waals surface area contributed by atoms with Gasteiger partial charge in [-0.15, -0.1) is 0 Å². The summed E-state index contributed by atoms with van der Waals surface area (Å²) in [6.07, 6.45) is 0.606. The molecule has 1 unspecified atom stereocenters. The first-order valence-corrected chi connectivity index (χ1v) is 6.42. The summed E-state index contributed by atoms with van der Waals surface area (Å²) < 4.78 is 19.2. The summed E-state index contributed by atoms with van der Waals surface area (Å²) in [5, 5.41) is 0. The van der Waals surface area contributed by atoms with Gasteiger partial charge in [0.2, 0.25) is 0 Å². The number of hydrogen-bond donors (Lipinski definition) is 1. The smallest absolute Gasteiger partial charge is 0.127 e. The van der Waals surface area contributed by atoms with E-state index in [-0.39, 0.29) is 18.0 Å². The summed E-state index contributed by atoms with van der Waals surface area (Å²) in [6.45, 7) is 2.05. The van der Waals surface area contributed by atoms with Gasteiger partial charge in [-0.1, -0.05) is 30.3 Å². The monoisotopic (exact) mass is 257 g/mol. The number of benzene rings is 2. The molecule has 0 saturated heterocycles. The number of hydrogen-bond acceptors (Lipinski definition) is 2. The van der Waals surface area contributed by atoms with Crippen molar-refractivity contribution in [2.45, 2.75) is 25.5 Å². The quantitative estimate of drug-likeness (QED) is 0.846. The standard InChI is InChI=1S/C16H16FNO/c1-10-4-2-3-5-12(10)16-9-14(18)13-7-6-11(17)8-15(13)19-16/h2-8,14,16H,9,18H2,1H3/t14-,16?/m0/s1. The second kappa shape index (κ2) is 4.67. The molecule has 0 radical (unpaired) electrons. The maximum atomic E-state index is 13.3. The van der Waals surface area contributed by atoms with Crippen LogP contribution in [0.25, 0.3) is 0 Å². The maximum Gasteiger partial charge on any atom is 0.127 e. The second-order valence-electron chi connectivity index (χ2n) is 4.99. The molecule has 98 valence electrons. The molecule has 2 atom stereocenters. The molecule has 0 fully saturated rings. The summed E-state index contributed by atoms with van der Waals surface area (Å²) >= 11 is 0. The fraction of sp³-hybridized carbons (Fsp3) is 0.250. The molecule has 1 heterocycles. The van der Waals surface area contributed by atoms with Crippen molar-refractivity contribution in [3.63, 3.8) is 0 Å². The van der Waals surface area contributed by atoms with E-state index in [0.29, 0.717) is 12.2 Å². The molecule has 0 aliphatic carbocycles. The second-order valence-corrected chi connectivity index (χ2v) is 4.99. The minimum Gasteiger partial charge on any atom is -0.485 e. The Kier molecular flexibility index (Phi) is 2.99. The lowest BCUT2D eigenvalue weighted by Gasteiger charge is -2.31. The molecule has 0 spiro atoms. The largest absolute Gasteiger partial charge is 0.485 e. The highest BCUT2D eigenvalue weighted by Crippen LogP contribution is 2.40. The third kappa shape index (κ3) is 2.22. The number of fused-ring (bicyclic) bond motifs is 1. The Morgan fingerprint density at radius 2 is 1.95 bits per heavy atom. The molecule has 2 N–H and O–H groups in total. The van der Waals surface area contributed by atoms with Gasteiger partial charge >= 0.3 is 0 Å². The van der Waals surface area contributed by atoms with Gasteiger partial charge in [0.1, 0.15) is 17.7 Å². The Hall–Kier alpha value is -1.87. The molecule has 3 rings (SSSR count). The van der Waals surface area contributed by atoms with E-state index in [9.17, 15) is 4.39 Å². The van der Waals surface area contributed by atoms with Crippen LogP contribution in [0.5, 0.6) is 5.75 Å². The first-order valence-electron chi connectivity index (χ1n) is 6.42. The average Bonchev–Trinajstić information content (AvgIpc) is 2.38. The lowest BCUT2D eigenvalue weighted by atomic mass is 9.92. The zero-order valence-electron chi connectivity index (χ0n) is 10.8. The predicted molar refractivity (Wildman–Crippen MR) is 72.5 cm³/mol. The fourth-order valence-electron chi connectivity index (χ4n) is 2.61. The van der Waals surface area contributed by atoms with Gasteiger partial charge in [0.05, 0.1) is 0 Å². The SMILES string of the molecule is Cc1ccccc1C1C[C@H](N)c2ccc(F)cc2O1. The van der Waals surface area contributed by atoms with Crippen molar-refractivity contribution in [3.05, 3.63) is 65.0 Å². The van der Waals surface area contributed by atoms with E-state index in [0.717, 1.165) is 11.1 Å². The van der Waals surface area contributed by atoms with E-state index in [1.54, 1.807) is 6.07 Å². The van der Waals surface area contributed by atoms with Crippen LogP contribution in [0.1, 0.15) is 35.3 Å². The van der Waals surface area contributed by atoms with Gasteiger partial charge < -0.3 is 10.5 Å². The molecule has 0 aromatic heterocycles. The molecule has 0 amide bonds. The maximum absolute atomic E-state index is 13.3. The van der Waals surface area contributed by atoms with Gasteiger partial charge in [0, 0.05) is 24.1 Å². The first kappa shape index (κ1) is 12.2. The fourth-order valence-corrected chi connectivity index (χ4v) is 2.61. The molecular weight excluding hydrogens is 241 g/mol. The molecule has 0 saturated carbocycles. The van der Waals surface area contributed by atoms with Crippen LogP contribution >= 0.6 is 0 Å². The Balaban J connectivity index is 1.99. The van der Waals surface area contributed by atoms with Crippen molar-refractivity contribution in [3.8, 4) is 5.75 Å². The van der Waals surface area contributed by atoms with Crippen LogP contribution < -0.4 is 10.5 Å². The van der Waals surface area contributed by atoms with E-state index in [1.165, 1.54) is 17.7 Å². The van der Waals surface area contributed by atoms with Crippen LogP contribution in [0.2, 0.25) is 0 Å². The summed E-state index contributed by atoms with van der Waals surface area (Å²) in [4.78, 5) is 0. The normalized spacial score (nSPS) is 21.6. The van der Waals surface area contributed by atoms with Crippen LogP contribution in [0, 0.1) is 12.7 Å². The van der Waals surface area contributed by atoms with Gasteiger partial charge in [-0.2, -0.15) is 0 Å². The van der Waals surface area contributed by atoms with Gasteiger partial charge in [-0.25, -0.2) is 4.39 Å². The van der Waals surface area contributed by atoms with Crippen LogP contribution in [0.3, 0.4) is 0 Å². The minimum atomic E-state index is -0.295. The molecule has 2 aromatic carbocycles. The van der Waals surface area contributed by atoms with Crippen LogP contribution in [0.15, 0.2) is 42.5 Å². The highest BCUT2D eigenvalue weighted by molar-refractivity contribution is 5.40. The number of halogens is 1. The molecule has 2 nitrogen and oxygen atoms in total. The van der Waals surface area contributed by atoms with Gasteiger partial charge in [-0.05, 0) is 24.1 Å². The van der Waals surface area contributed by atoms with Crippen molar-refractivity contribution in [2.24, 2.45) is 5.73 Å². The Morgan fingerprint density at radius 3 is 2.74 bits per heavy atom. The Labute approximate surface area is 112 Å². The third-order valence-corrected chi connectivity index (χ3v) is 3.65. The molecule has 3 heteroatoms. The third-order valence-electron chi connectivity index (χ3n) is 3.65. The topological polar surface area (TPSA) is 35.2 Å². The number of aryl methyl sites for hydroxylation is 1. The summed E-state index contributed by atoms with van der Waals surface area (Å²) in [6, 6.07) is 12.5. The van der Waals surface area contributed by atoms with E-state index >= 15 is 0 Å². The van der Waals surface area contributed by atoms with E-state index < -0.39 is 0 Å². The summed E-state index contributed by atoms with van der Waals surface area (Å²) in [7, 11) is 0. The molecule has 2 aromatic rings. The van der Waals surface area contributed by atoms with E-state index in [2.05, 4.69) is 0 Å². The minimum absolute atomic E-state index is 0.106. The molecule has 19 heavy (non-hydrogen) atoms. The van der Waals surface area contributed by atoms with Gasteiger partial charge in [-0.3, -0.25) is 0 Å². The van der Waals surface area contributed by atoms with Crippen LogP contribution in [-0.2, 0) is 0 Å². The lowest BCUT2D eigenvalue weighted by molar-refractivity contribution is 0.160. The molecule has 1 aliphatic rings. The number of nitrogens with two attached hydrogens (primary N) is 1. The predicted octanol–water partition coefficient (Wildman–Crippen LogP) is 3.66. The molecular formula is C16H16FNO. The van der Waals surface area contributed by atoms with Gasteiger partial charge in [0.25, 0.3) is 0 Å². The van der Waals surface area contributed by atoms with Crippen molar-refractivity contribution >= 4 is 0 Å². The van der Waals surface area contributed by atoms with Crippen molar-refractivity contribution in [1.82, 2.24) is 0 Å². The van der Waals surface area contributed by atoms with Crippen LogP contribution in [-0.4, -0.2) is 0 Å². The van der Waals surface area contributed by atoms with E-state index in [1.807, 2.05) is 31.2 Å². The van der Waals surface area contributed by atoms with E-state index in [4.69, 9.17) is 10.5 Å². The van der Waals surface area contributed by atoms with Crippen LogP contribution in [0.4, 0.5) is 4.39 Å². The summed E-state index contributed by atoms with van der Waals surface area (Å²) in [5.74, 6) is 0.267.